The van der Waals surface area contributed by atoms with Gasteiger partial charge in [0, 0.05) is 12.2 Å². The Morgan fingerprint density at radius 1 is 1.09 bits per heavy atom. The number of aldehydes is 1. The Labute approximate surface area is 132 Å². The molecule has 22 heavy (non-hydrogen) atoms. The Bertz CT molecular complexity index is 468. The van der Waals surface area contributed by atoms with Gasteiger partial charge in [0.05, 0.1) is 12.2 Å². The Morgan fingerprint density at radius 3 is 2.55 bits per heavy atom. The molecule has 0 radical (unpaired) electrons. The molecule has 0 bridgehead atoms. The van der Waals surface area contributed by atoms with Gasteiger partial charge in [-0.2, -0.15) is 0 Å². The summed E-state index contributed by atoms with van der Waals surface area (Å²) < 4.78 is 10.5. The first-order valence-corrected chi connectivity index (χ1v) is 8.06. The Balaban J connectivity index is 2.58. The predicted molar refractivity (Wildman–Crippen MR) is 86.5 cm³/mol. The van der Waals surface area contributed by atoms with Gasteiger partial charge in [-0.3, -0.25) is 4.79 Å². The van der Waals surface area contributed by atoms with Gasteiger partial charge in [0.1, 0.15) is 6.61 Å². The van der Waals surface area contributed by atoms with Crippen LogP contribution < -0.4 is 0 Å². The molecule has 4 heteroatoms. The third-order valence-corrected chi connectivity index (χ3v) is 3.44. The number of unbranched alkanes of at least 4 members (excludes halogenated alkanes) is 2. The van der Waals surface area contributed by atoms with Crippen molar-refractivity contribution in [1.29, 1.82) is 0 Å². The van der Waals surface area contributed by atoms with E-state index in [2.05, 4.69) is 13.8 Å². The highest BCUT2D eigenvalue weighted by molar-refractivity contribution is 5.99. The molecule has 0 aliphatic carbocycles. The summed E-state index contributed by atoms with van der Waals surface area (Å²) in [5.41, 5.74) is 1.70. The fourth-order valence-corrected chi connectivity index (χ4v) is 2.13. The van der Waals surface area contributed by atoms with Gasteiger partial charge in [-0.25, -0.2) is 4.79 Å². The number of aryl methyl sites for hydroxylation is 1. The molecule has 0 spiro atoms. The van der Waals surface area contributed by atoms with E-state index >= 15 is 0 Å². The molecule has 0 amide bonds. The molecular weight excluding hydrogens is 280 g/mol. The van der Waals surface area contributed by atoms with E-state index in [4.69, 9.17) is 9.47 Å². The highest BCUT2D eigenvalue weighted by Crippen LogP contribution is 2.16. The van der Waals surface area contributed by atoms with Crippen LogP contribution in [0.2, 0.25) is 0 Å². The summed E-state index contributed by atoms with van der Waals surface area (Å²) in [6.07, 6.45) is 5.66. The lowest BCUT2D eigenvalue weighted by molar-refractivity contribution is 0.0312. The largest absolute Gasteiger partial charge is 0.460 e. The van der Waals surface area contributed by atoms with Gasteiger partial charge >= 0.3 is 5.97 Å². The number of esters is 1. The molecule has 0 saturated carbocycles. The van der Waals surface area contributed by atoms with Crippen LogP contribution in [0.1, 0.15) is 65.8 Å². The number of rotatable bonds is 11. The van der Waals surface area contributed by atoms with E-state index in [0.717, 1.165) is 44.0 Å². The van der Waals surface area contributed by atoms with Crippen molar-refractivity contribution in [2.45, 2.75) is 46.0 Å². The maximum Gasteiger partial charge on any atom is 0.338 e. The molecule has 0 aliphatic rings. The Morgan fingerprint density at radius 2 is 1.86 bits per heavy atom. The molecule has 0 saturated heterocycles. The lowest BCUT2D eigenvalue weighted by atomic mass is 9.98. The number of carbonyl (C=O) groups is 2. The second-order valence-corrected chi connectivity index (χ2v) is 5.20. The van der Waals surface area contributed by atoms with Crippen LogP contribution >= 0.6 is 0 Å². The van der Waals surface area contributed by atoms with Crippen LogP contribution in [0.5, 0.6) is 0 Å². The molecule has 0 atom stereocenters. The smallest absolute Gasteiger partial charge is 0.338 e. The maximum atomic E-state index is 12.1. The van der Waals surface area contributed by atoms with Crippen LogP contribution in [0.25, 0.3) is 0 Å². The first-order chi connectivity index (χ1) is 10.7. The number of hydrogen-bond acceptors (Lipinski definition) is 4. The summed E-state index contributed by atoms with van der Waals surface area (Å²) >= 11 is 0. The van der Waals surface area contributed by atoms with Crippen molar-refractivity contribution < 1.29 is 19.1 Å². The van der Waals surface area contributed by atoms with E-state index in [0.29, 0.717) is 24.3 Å². The van der Waals surface area contributed by atoms with Crippen LogP contribution in [0.4, 0.5) is 0 Å². The highest BCUT2D eigenvalue weighted by Gasteiger charge is 2.15. The molecule has 1 aromatic rings. The zero-order valence-corrected chi connectivity index (χ0v) is 13.6. The lowest BCUT2D eigenvalue weighted by Crippen LogP contribution is -2.14. The van der Waals surface area contributed by atoms with Crippen LogP contribution in [0.15, 0.2) is 18.2 Å². The van der Waals surface area contributed by atoms with Gasteiger partial charge in [0.2, 0.25) is 0 Å². The van der Waals surface area contributed by atoms with E-state index in [1.165, 1.54) is 0 Å². The van der Waals surface area contributed by atoms with E-state index in [-0.39, 0.29) is 6.61 Å². The summed E-state index contributed by atoms with van der Waals surface area (Å²) in [5.74, 6) is -0.459. The summed E-state index contributed by atoms with van der Waals surface area (Å²) in [6.45, 7) is 5.46. The van der Waals surface area contributed by atoms with E-state index < -0.39 is 5.97 Å². The van der Waals surface area contributed by atoms with Crippen molar-refractivity contribution in [3.63, 3.8) is 0 Å². The quantitative estimate of drug-likeness (QED) is 0.354. The lowest BCUT2D eigenvalue weighted by Gasteiger charge is -2.10. The summed E-state index contributed by atoms with van der Waals surface area (Å²) in [5, 5.41) is 0. The molecular formula is C18H26O4. The fraction of sp³-hybridized carbons (Fsp3) is 0.556. The third-order valence-electron chi connectivity index (χ3n) is 3.44. The molecule has 1 aromatic carbocycles. The highest BCUT2D eigenvalue weighted by atomic mass is 16.6. The monoisotopic (exact) mass is 306 g/mol. The van der Waals surface area contributed by atoms with Gasteiger partial charge in [0.25, 0.3) is 0 Å². The van der Waals surface area contributed by atoms with Crippen molar-refractivity contribution in [3.05, 3.63) is 34.9 Å². The zero-order valence-electron chi connectivity index (χ0n) is 13.6. The van der Waals surface area contributed by atoms with Crippen molar-refractivity contribution in [2.75, 3.05) is 19.8 Å². The average Bonchev–Trinajstić information content (AvgIpc) is 2.55. The molecule has 1 rings (SSSR count). The van der Waals surface area contributed by atoms with Crippen LogP contribution in [-0.2, 0) is 15.9 Å². The van der Waals surface area contributed by atoms with Crippen molar-refractivity contribution in [1.82, 2.24) is 0 Å². The Kier molecular flexibility index (Phi) is 9.15. The third kappa shape index (κ3) is 5.98. The molecule has 0 unspecified atom stereocenters. The molecule has 122 valence electrons. The van der Waals surface area contributed by atoms with Gasteiger partial charge in [-0.15, -0.1) is 0 Å². The average molecular weight is 306 g/mol. The molecule has 4 nitrogen and oxygen atoms in total. The number of benzene rings is 1. The summed E-state index contributed by atoms with van der Waals surface area (Å²) in [7, 11) is 0. The summed E-state index contributed by atoms with van der Waals surface area (Å²) in [6, 6.07) is 5.33. The van der Waals surface area contributed by atoms with E-state index in [9.17, 15) is 9.59 Å². The van der Waals surface area contributed by atoms with Gasteiger partial charge < -0.3 is 9.47 Å². The second-order valence-electron chi connectivity index (χ2n) is 5.20. The van der Waals surface area contributed by atoms with Crippen LogP contribution in [0, 0.1) is 0 Å². The predicted octanol–water partition coefficient (Wildman–Crippen LogP) is 3.82. The first kappa shape index (κ1) is 18.4. The number of carbonyl (C=O) groups excluding carboxylic acids is 2. The van der Waals surface area contributed by atoms with Crippen molar-refractivity contribution in [2.24, 2.45) is 0 Å². The molecule has 0 aliphatic heterocycles. The molecule has 0 aromatic heterocycles. The van der Waals surface area contributed by atoms with Gasteiger partial charge in [0.15, 0.2) is 6.29 Å². The van der Waals surface area contributed by atoms with Gasteiger partial charge in [-0.1, -0.05) is 38.8 Å². The topological polar surface area (TPSA) is 52.6 Å². The minimum atomic E-state index is -0.459. The van der Waals surface area contributed by atoms with Crippen LogP contribution in [-0.4, -0.2) is 32.1 Å². The number of ether oxygens (including phenoxy) is 2. The van der Waals surface area contributed by atoms with Gasteiger partial charge in [-0.05, 0) is 30.9 Å². The summed E-state index contributed by atoms with van der Waals surface area (Å²) in [4.78, 5) is 23.4. The zero-order chi connectivity index (χ0) is 16.2. The van der Waals surface area contributed by atoms with E-state index in [1.807, 2.05) is 6.07 Å². The minimum Gasteiger partial charge on any atom is -0.460 e. The first-order valence-electron chi connectivity index (χ1n) is 8.06. The number of hydrogen-bond donors (Lipinski definition) is 0. The SMILES string of the molecule is CCCCOCCOC(=O)c1cccc(CCCC)c1C=O. The molecule has 0 N–H and O–H groups in total. The van der Waals surface area contributed by atoms with Crippen LogP contribution in [0.3, 0.4) is 0 Å². The maximum absolute atomic E-state index is 12.1. The fourth-order valence-electron chi connectivity index (χ4n) is 2.13. The normalized spacial score (nSPS) is 10.5. The van der Waals surface area contributed by atoms with E-state index in [1.54, 1.807) is 12.1 Å². The molecule has 0 fully saturated rings. The molecule has 0 heterocycles. The minimum absolute atomic E-state index is 0.208. The second kappa shape index (κ2) is 11.0. The van der Waals surface area contributed by atoms with Crippen molar-refractivity contribution >= 4 is 12.3 Å². The van der Waals surface area contributed by atoms with Crippen molar-refractivity contribution in [3.8, 4) is 0 Å². The Hall–Kier alpha value is -1.68. The standard InChI is InChI=1S/C18H26O4/c1-3-5-8-15-9-7-10-16(17(15)14-19)18(20)22-13-12-21-11-6-4-2/h7,9-10,14H,3-6,8,11-13H2,1-2H3.